The number of hydrogen-bond acceptors (Lipinski definition) is 3. The molecule has 0 saturated heterocycles. The Labute approximate surface area is 122 Å². The molecule has 3 nitrogen and oxygen atoms in total. The molecular formula is C15H19BrN2O. The number of nitrogens with zero attached hydrogens (tertiary/aromatic N) is 1. The topological polar surface area (TPSA) is 38.1 Å². The van der Waals surface area contributed by atoms with Gasteiger partial charge in [-0.1, -0.05) is 41.4 Å². The number of halogens is 1. The monoisotopic (exact) mass is 322 g/mol. The smallest absolute Gasteiger partial charge is 0.181 e. The second-order valence-corrected chi connectivity index (χ2v) is 5.99. The van der Waals surface area contributed by atoms with Crippen LogP contribution in [0.25, 0.3) is 11.3 Å². The third-order valence-electron chi connectivity index (χ3n) is 2.85. The molecule has 102 valence electrons. The minimum absolute atomic E-state index is 0.626. The largest absolute Gasteiger partial charge is 0.443 e. The summed E-state index contributed by atoms with van der Waals surface area (Å²) in [4.78, 5) is 4.31. The molecule has 19 heavy (non-hydrogen) atoms. The normalized spacial score (nSPS) is 11.2. The summed E-state index contributed by atoms with van der Waals surface area (Å²) in [5.74, 6) is 1.47. The first-order valence-corrected chi connectivity index (χ1v) is 7.27. The van der Waals surface area contributed by atoms with Crippen LogP contribution in [0.5, 0.6) is 0 Å². The van der Waals surface area contributed by atoms with E-state index < -0.39 is 0 Å². The first-order chi connectivity index (χ1) is 9.08. The molecule has 0 aliphatic rings. The molecule has 4 heteroatoms. The van der Waals surface area contributed by atoms with Crippen molar-refractivity contribution in [2.24, 2.45) is 5.92 Å². The zero-order valence-corrected chi connectivity index (χ0v) is 13.1. The molecule has 0 radical (unpaired) electrons. The highest BCUT2D eigenvalue weighted by Gasteiger charge is 2.13. The molecule has 0 amide bonds. The Kier molecular flexibility index (Phi) is 4.77. The molecular weight excluding hydrogens is 304 g/mol. The zero-order valence-electron chi connectivity index (χ0n) is 11.5. The summed E-state index contributed by atoms with van der Waals surface area (Å²) in [6.45, 7) is 8.15. The van der Waals surface area contributed by atoms with Crippen LogP contribution in [0.1, 0.15) is 25.1 Å². The Morgan fingerprint density at radius 1 is 1.37 bits per heavy atom. The summed E-state index contributed by atoms with van der Waals surface area (Å²) in [6, 6.07) is 6.22. The molecule has 0 aliphatic carbocycles. The van der Waals surface area contributed by atoms with Crippen molar-refractivity contribution in [1.82, 2.24) is 10.3 Å². The number of aryl methyl sites for hydroxylation is 1. The maximum absolute atomic E-state index is 5.56. The van der Waals surface area contributed by atoms with Crippen LogP contribution in [0.3, 0.4) is 0 Å². The standard InChI is InChI=1S/C15H19BrN2O/c1-10(2)7-17-8-14-15(19-9-18-14)12-6-11(3)4-5-13(12)16/h4-6,9-10,17H,7-8H2,1-3H3. The third kappa shape index (κ3) is 3.67. The van der Waals surface area contributed by atoms with Gasteiger partial charge in [-0.2, -0.15) is 0 Å². The van der Waals surface area contributed by atoms with E-state index in [1.165, 1.54) is 12.0 Å². The molecule has 0 bridgehead atoms. The summed E-state index contributed by atoms with van der Waals surface area (Å²) in [7, 11) is 0. The lowest BCUT2D eigenvalue weighted by molar-refractivity contribution is 0.545. The van der Waals surface area contributed by atoms with E-state index in [9.17, 15) is 0 Å². The average molecular weight is 323 g/mol. The molecule has 2 rings (SSSR count). The van der Waals surface area contributed by atoms with Crippen LogP contribution in [0, 0.1) is 12.8 Å². The molecule has 0 spiro atoms. The summed E-state index contributed by atoms with van der Waals surface area (Å²) in [5.41, 5.74) is 3.21. The molecule has 0 saturated carbocycles. The Morgan fingerprint density at radius 3 is 2.89 bits per heavy atom. The third-order valence-corrected chi connectivity index (χ3v) is 3.54. The molecule has 1 aromatic carbocycles. The predicted molar refractivity (Wildman–Crippen MR) is 80.9 cm³/mol. The van der Waals surface area contributed by atoms with Gasteiger partial charge in [-0.15, -0.1) is 0 Å². The van der Waals surface area contributed by atoms with Crippen molar-refractivity contribution in [2.45, 2.75) is 27.3 Å². The van der Waals surface area contributed by atoms with Crippen molar-refractivity contribution >= 4 is 15.9 Å². The lowest BCUT2D eigenvalue weighted by atomic mass is 10.1. The van der Waals surface area contributed by atoms with E-state index >= 15 is 0 Å². The number of aromatic nitrogens is 1. The molecule has 0 aliphatic heterocycles. The van der Waals surface area contributed by atoms with Gasteiger partial charge < -0.3 is 9.73 Å². The zero-order chi connectivity index (χ0) is 13.8. The maximum Gasteiger partial charge on any atom is 0.181 e. The van der Waals surface area contributed by atoms with Crippen LogP contribution in [0.4, 0.5) is 0 Å². The number of nitrogens with one attached hydrogen (secondary N) is 1. The van der Waals surface area contributed by atoms with Gasteiger partial charge in [-0.05, 0) is 31.5 Å². The lowest BCUT2D eigenvalue weighted by Crippen LogP contribution is -2.19. The summed E-state index contributed by atoms with van der Waals surface area (Å²) >= 11 is 3.57. The molecule has 2 aromatic rings. The Hall–Kier alpha value is -1.13. The number of oxazole rings is 1. The summed E-state index contributed by atoms with van der Waals surface area (Å²) in [6.07, 6.45) is 1.51. The average Bonchev–Trinajstić information content (AvgIpc) is 2.80. The van der Waals surface area contributed by atoms with E-state index in [1.54, 1.807) is 0 Å². The van der Waals surface area contributed by atoms with Crippen molar-refractivity contribution in [1.29, 1.82) is 0 Å². The Balaban J connectivity index is 2.21. The number of hydrogen-bond donors (Lipinski definition) is 1. The minimum Gasteiger partial charge on any atom is -0.443 e. The first kappa shape index (κ1) is 14.3. The van der Waals surface area contributed by atoms with Crippen LogP contribution in [-0.4, -0.2) is 11.5 Å². The molecule has 1 heterocycles. The molecule has 0 unspecified atom stereocenters. The fraction of sp³-hybridized carbons (Fsp3) is 0.400. The van der Waals surface area contributed by atoms with Gasteiger partial charge in [-0.25, -0.2) is 4.98 Å². The maximum atomic E-state index is 5.56. The highest BCUT2D eigenvalue weighted by Crippen LogP contribution is 2.31. The fourth-order valence-corrected chi connectivity index (χ4v) is 2.33. The van der Waals surface area contributed by atoms with Gasteiger partial charge in [0.2, 0.25) is 0 Å². The lowest BCUT2D eigenvalue weighted by Gasteiger charge is -2.08. The highest BCUT2D eigenvalue weighted by molar-refractivity contribution is 9.10. The molecule has 0 fully saturated rings. The van der Waals surface area contributed by atoms with E-state index in [0.29, 0.717) is 5.92 Å². The van der Waals surface area contributed by atoms with Crippen LogP contribution >= 0.6 is 15.9 Å². The fourth-order valence-electron chi connectivity index (χ4n) is 1.91. The van der Waals surface area contributed by atoms with Crippen LogP contribution in [0.2, 0.25) is 0 Å². The predicted octanol–water partition coefficient (Wildman–Crippen LogP) is 4.16. The van der Waals surface area contributed by atoms with Gasteiger partial charge in [-0.3, -0.25) is 0 Å². The Bertz CT molecular complexity index is 549. The van der Waals surface area contributed by atoms with E-state index in [4.69, 9.17) is 4.42 Å². The van der Waals surface area contributed by atoms with E-state index in [2.05, 4.69) is 59.1 Å². The second-order valence-electron chi connectivity index (χ2n) is 5.14. The second kappa shape index (κ2) is 6.35. The van der Waals surface area contributed by atoms with Crippen molar-refractivity contribution in [2.75, 3.05) is 6.54 Å². The van der Waals surface area contributed by atoms with E-state index in [1.807, 2.05) is 6.07 Å². The quantitative estimate of drug-likeness (QED) is 0.898. The van der Waals surface area contributed by atoms with Gasteiger partial charge in [0.25, 0.3) is 0 Å². The van der Waals surface area contributed by atoms with E-state index in [-0.39, 0.29) is 0 Å². The van der Waals surface area contributed by atoms with Gasteiger partial charge >= 0.3 is 0 Å². The van der Waals surface area contributed by atoms with E-state index in [0.717, 1.165) is 34.6 Å². The number of benzene rings is 1. The highest BCUT2D eigenvalue weighted by atomic mass is 79.9. The van der Waals surface area contributed by atoms with Crippen LogP contribution in [-0.2, 0) is 6.54 Å². The summed E-state index contributed by atoms with van der Waals surface area (Å²) in [5, 5.41) is 3.39. The van der Waals surface area contributed by atoms with Crippen molar-refractivity contribution < 1.29 is 4.42 Å². The van der Waals surface area contributed by atoms with Crippen LogP contribution < -0.4 is 5.32 Å². The van der Waals surface area contributed by atoms with Gasteiger partial charge in [0.1, 0.15) is 5.69 Å². The molecule has 0 atom stereocenters. The Morgan fingerprint density at radius 2 is 2.16 bits per heavy atom. The van der Waals surface area contributed by atoms with Gasteiger partial charge in [0, 0.05) is 16.6 Å². The van der Waals surface area contributed by atoms with Gasteiger partial charge in [0.15, 0.2) is 12.2 Å². The SMILES string of the molecule is Cc1ccc(Br)c(-c2ocnc2CNCC(C)C)c1. The first-order valence-electron chi connectivity index (χ1n) is 6.47. The van der Waals surface area contributed by atoms with Crippen LogP contribution in [0.15, 0.2) is 33.5 Å². The molecule has 1 N–H and O–H groups in total. The molecule has 1 aromatic heterocycles. The summed E-state index contributed by atoms with van der Waals surface area (Å²) < 4.78 is 6.59. The van der Waals surface area contributed by atoms with Crippen molar-refractivity contribution in [3.63, 3.8) is 0 Å². The van der Waals surface area contributed by atoms with Gasteiger partial charge in [0.05, 0.1) is 0 Å². The van der Waals surface area contributed by atoms with Crippen molar-refractivity contribution in [3.05, 3.63) is 40.3 Å². The number of rotatable bonds is 5. The van der Waals surface area contributed by atoms with Crippen molar-refractivity contribution in [3.8, 4) is 11.3 Å². The minimum atomic E-state index is 0.626.